The summed E-state index contributed by atoms with van der Waals surface area (Å²) in [6.45, 7) is 7.71. The van der Waals surface area contributed by atoms with E-state index in [1.165, 1.54) is 23.1 Å². The summed E-state index contributed by atoms with van der Waals surface area (Å²) in [4.78, 5) is 0. The van der Waals surface area contributed by atoms with E-state index in [0.717, 1.165) is 6.54 Å². The molecule has 106 valence electrons. The normalized spacial score (nSPS) is 13.9. The van der Waals surface area contributed by atoms with Crippen LogP contribution in [0.25, 0.3) is 0 Å². The second-order valence-corrected chi connectivity index (χ2v) is 5.69. The van der Waals surface area contributed by atoms with Crippen molar-refractivity contribution in [1.29, 1.82) is 0 Å². The lowest BCUT2D eigenvalue weighted by molar-refractivity contribution is 0.531. The standard InChI is InChI=1S/C19H25N/c1-15-9-11-19(12-10-15)17(3)20-14-13-16(2)18-7-5-4-6-8-18/h4-12,16-17,20H,13-14H2,1-3H3. The molecule has 0 spiro atoms. The lowest BCUT2D eigenvalue weighted by atomic mass is 9.97. The van der Waals surface area contributed by atoms with E-state index in [1.807, 2.05) is 0 Å². The van der Waals surface area contributed by atoms with Crippen LogP contribution in [0.15, 0.2) is 54.6 Å². The zero-order chi connectivity index (χ0) is 14.4. The molecule has 20 heavy (non-hydrogen) atoms. The van der Waals surface area contributed by atoms with Gasteiger partial charge in [0.05, 0.1) is 0 Å². The Morgan fingerprint density at radius 2 is 1.50 bits per heavy atom. The smallest absolute Gasteiger partial charge is 0.0291 e. The molecule has 0 fully saturated rings. The fourth-order valence-electron chi connectivity index (χ4n) is 2.44. The quantitative estimate of drug-likeness (QED) is 0.789. The molecule has 0 amide bonds. The van der Waals surface area contributed by atoms with E-state index in [1.54, 1.807) is 0 Å². The summed E-state index contributed by atoms with van der Waals surface area (Å²) in [7, 11) is 0. The third-order valence-corrected chi connectivity index (χ3v) is 3.97. The van der Waals surface area contributed by atoms with Crippen LogP contribution in [-0.2, 0) is 0 Å². The van der Waals surface area contributed by atoms with Gasteiger partial charge in [0, 0.05) is 6.04 Å². The Bertz CT molecular complexity index is 501. The van der Waals surface area contributed by atoms with Gasteiger partial charge in [-0.1, -0.05) is 67.1 Å². The van der Waals surface area contributed by atoms with Gasteiger partial charge in [-0.3, -0.25) is 0 Å². The summed E-state index contributed by atoms with van der Waals surface area (Å²) in [5.41, 5.74) is 4.11. The molecule has 1 nitrogen and oxygen atoms in total. The predicted molar refractivity (Wildman–Crippen MR) is 87.1 cm³/mol. The average molecular weight is 267 g/mol. The molecule has 0 aliphatic rings. The molecule has 2 aromatic rings. The minimum atomic E-state index is 0.415. The maximum atomic E-state index is 3.62. The molecule has 2 aromatic carbocycles. The van der Waals surface area contributed by atoms with Gasteiger partial charge in [0.25, 0.3) is 0 Å². The first kappa shape index (κ1) is 14.8. The van der Waals surface area contributed by atoms with Gasteiger partial charge in [0.15, 0.2) is 0 Å². The van der Waals surface area contributed by atoms with Gasteiger partial charge in [-0.05, 0) is 43.9 Å². The summed E-state index contributed by atoms with van der Waals surface area (Å²) in [5, 5.41) is 3.62. The van der Waals surface area contributed by atoms with Gasteiger partial charge in [-0.25, -0.2) is 0 Å². The van der Waals surface area contributed by atoms with Crippen molar-refractivity contribution in [2.24, 2.45) is 0 Å². The third kappa shape index (κ3) is 4.21. The molecule has 0 bridgehead atoms. The predicted octanol–water partition coefficient (Wildman–Crippen LogP) is 4.84. The Labute approximate surface area is 123 Å². The molecule has 0 heterocycles. The summed E-state index contributed by atoms with van der Waals surface area (Å²) >= 11 is 0. The number of nitrogens with one attached hydrogen (secondary N) is 1. The van der Waals surface area contributed by atoms with Crippen LogP contribution in [0.4, 0.5) is 0 Å². The SMILES string of the molecule is Cc1ccc(C(C)NCCC(C)c2ccccc2)cc1. The van der Waals surface area contributed by atoms with Crippen molar-refractivity contribution in [3.05, 3.63) is 71.3 Å². The van der Waals surface area contributed by atoms with Crippen LogP contribution in [0.3, 0.4) is 0 Å². The highest BCUT2D eigenvalue weighted by molar-refractivity contribution is 5.23. The molecule has 2 rings (SSSR count). The van der Waals surface area contributed by atoms with Crippen LogP contribution in [0, 0.1) is 6.92 Å². The van der Waals surface area contributed by atoms with Gasteiger partial charge in [-0.15, -0.1) is 0 Å². The molecule has 2 unspecified atom stereocenters. The van der Waals surface area contributed by atoms with Crippen LogP contribution >= 0.6 is 0 Å². The molecule has 0 radical (unpaired) electrons. The van der Waals surface area contributed by atoms with Crippen molar-refractivity contribution >= 4 is 0 Å². The summed E-state index contributed by atoms with van der Waals surface area (Å²) < 4.78 is 0. The van der Waals surface area contributed by atoms with E-state index >= 15 is 0 Å². The first-order chi connectivity index (χ1) is 9.66. The molecule has 0 saturated heterocycles. The zero-order valence-electron chi connectivity index (χ0n) is 12.8. The van der Waals surface area contributed by atoms with Gasteiger partial charge in [0.2, 0.25) is 0 Å². The van der Waals surface area contributed by atoms with Crippen molar-refractivity contribution in [3.8, 4) is 0 Å². The number of benzene rings is 2. The first-order valence-electron chi connectivity index (χ1n) is 7.51. The van der Waals surface area contributed by atoms with Crippen LogP contribution in [0.5, 0.6) is 0 Å². The number of hydrogen-bond donors (Lipinski definition) is 1. The Kier molecular flexibility index (Phi) is 5.37. The van der Waals surface area contributed by atoms with Gasteiger partial charge in [-0.2, -0.15) is 0 Å². The zero-order valence-corrected chi connectivity index (χ0v) is 12.8. The minimum Gasteiger partial charge on any atom is -0.310 e. The monoisotopic (exact) mass is 267 g/mol. The summed E-state index contributed by atoms with van der Waals surface area (Å²) in [5.74, 6) is 0.605. The maximum Gasteiger partial charge on any atom is 0.0291 e. The van der Waals surface area contributed by atoms with Gasteiger partial charge >= 0.3 is 0 Å². The number of aryl methyl sites for hydroxylation is 1. The van der Waals surface area contributed by atoms with Crippen LogP contribution in [0.2, 0.25) is 0 Å². The van der Waals surface area contributed by atoms with Crippen molar-refractivity contribution in [2.75, 3.05) is 6.54 Å². The summed E-state index contributed by atoms with van der Waals surface area (Å²) in [6.07, 6.45) is 1.17. The van der Waals surface area contributed by atoms with E-state index < -0.39 is 0 Å². The minimum absolute atomic E-state index is 0.415. The van der Waals surface area contributed by atoms with E-state index in [9.17, 15) is 0 Å². The Morgan fingerprint density at radius 1 is 0.850 bits per heavy atom. The van der Waals surface area contributed by atoms with Crippen molar-refractivity contribution < 1.29 is 0 Å². The van der Waals surface area contributed by atoms with Crippen molar-refractivity contribution in [3.63, 3.8) is 0 Å². The molecule has 0 saturated carbocycles. The molecule has 1 N–H and O–H groups in total. The van der Waals surface area contributed by atoms with E-state index in [-0.39, 0.29) is 0 Å². The molecular formula is C19H25N. The third-order valence-electron chi connectivity index (χ3n) is 3.97. The molecule has 1 heteroatoms. The second-order valence-electron chi connectivity index (χ2n) is 5.69. The molecule has 0 aliphatic heterocycles. The van der Waals surface area contributed by atoms with Crippen LogP contribution < -0.4 is 5.32 Å². The van der Waals surface area contributed by atoms with Crippen LogP contribution in [-0.4, -0.2) is 6.54 Å². The van der Waals surface area contributed by atoms with Crippen molar-refractivity contribution in [2.45, 2.75) is 39.2 Å². The number of rotatable bonds is 6. The number of hydrogen-bond acceptors (Lipinski definition) is 1. The summed E-state index contributed by atoms with van der Waals surface area (Å²) in [6, 6.07) is 20.0. The highest BCUT2D eigenvalue weighted by Crippen LogP contribution is 2.19. The highest BCUT2D eigenvalue weighted by atomic mass is 14.9. The molecule has 0 aromatic heterocycles. The second kappa shape index (κ2) is 7.25. The Hall–Kier alpha value is -1.60. The topological polar surface area (TPSA) is 12.0 Å². The lowest BCUT2D eigenvalue weighted by Crippen LogP contribution is -2.21. The largest absolute Gasteiger partial charge is 0.310 e. The fraction of sp³-hybridized carbons (Fsp3) is 0.368. The fourth-order valence-corrected chi connectivity index (χ4v) is 2.44. The highest BCUT2D eigenvalue weighted by Gasteiger charge is 2.07. The van der Waals surface area contributed by atoms with E-state index in [2.05, 4.69) is 80.7 Å². The first-order valence-corrected chi connectivity index (χ1v) is 7.51. The lowest BCUT2D eigenvalue weighted by Gasteiger charge is -2.17. The molecule has 0 aliphatic carbocycles. The average Bonchev–Trinajstić information content (AvgIpc) is 2.48. The van der Waals surface area contributed by atoms with Crippen molar-refractivity contribution in [1.82, 2.24) is 5.32 Å². The van der Waals surface area contributed by atoms with Gasteiger partial charge < -0.3 is 5.32 Å². The Morgan fingerprint density at radius 3 is 2.15 bits per heavy atom. The molecule has 2 atom stereocenters. The van der Waals surface area contributed by atoms with E-state index in [0.29, 0.717) is 12.0 Å². The van der Waals surface area contributed by atoms with Gasteiger partial charge in [0.1, 0.15) is 0 Å². The molecular weight excluding hydrogens is 242 g/mol. The maximum absolute atomic E-state index is 3.62. The van der Waals surface area contributed by atoms with E-state index in [4.69, 9.17) is 0 Å². The Balaban J connectivity index is 1.79. The van der Waals surface area contributed by atoms with Crippen LogP contribution in [0.1, 0.15) is 48.9 Å².